The van der Waals surface area contributed by atoms with Crippen molar-refractivity contribution in [3.05, 3.63) is 16.1 Å². The van der Waals surface area contributed by atoms with Crippen LogP contribution >= 0.6 is 22.9 Å². The van der Waals surface area contributed by atoms with E-state index in [0.717, 1.165) is 38.3 Å². The lowest BCUT2D eigenvalue weighted by Crippen LogP contribution is -2.46. The van der Waals surface area contributed by atoms with Gasteiger partial charge in [-0.15, -0.1) is 22.9 Å². The van der Waals surface area contributed by atoms with Crippen LogP contribution in [0, 0.1) is 0 Å². The second kappa shape index (κ2) is 6.85. The first-order valence-electron chi connectivity index (χ1n) is 6.63. The fourth-order valence-electron chi connectivity index (χ4n) is 2.52. The molecule has 2 atom stereocenters. The third-order valence-electron chi connectivity index (χ3n) is 3.52. The van der Waals surface area contributed by atoms with Crippen LogP contribution in [-0.2, 0) is 10.6 Å². The Labute approximate surface area is 118 Å². The molecule has 1 fully saturated rings. The van der Waals surface area contributed by atoms with Gasteiger partial charge in [-0.3, -0.25) is 4.90 Å². The second-order valence-corrected chi connectivity index (χ2v) is 5.77. The average Bonchev–Trinajstić information content (AvgIpc) is 2.89. The number of thiazole rings is 1. The third kappa shape index (κ3) is 3.05. The van der Waals surface area contributed by atoms with Crippen LogP contribution in [0.1, 0.15) is 43.4 Å². The summed E-state index contributed by atoms with van der Waals surface area (Å²) in [4.78, 5) is 7.20. The van der Waals surface area contributed by atoms with Gasteiger partial charge in [0, 0.05) is 18.0 Å². The van der Waals surface area contributed by atoms with E-state index in [1.165, 1.54) is 5.01 Å². The van der Waals surface area contributed by atoms with Gasteiger partial charge < -0.3 is 4.74 Å². The molecule has 5 heteroatoms. The van der Waals surface area contributed by atoms with Crippen molar-refractivity contribution < 1.29 is 4.74 Å². The summed E-state index contributed by atoms with van der Waals surface area (Å²) in [5.74, 6) is 0.507. The molecule has 1 aliphatic heterocycles. The zero-order chi connectivity index (χ0) is 13.0. The highest BCUT2D eigenvalue weighted by Crippen LogP contribution is 2.31. The van der Waals surface area contributed by atoms with Crippen LogP contribution in [0.5, 0.6) is 0 Å². The SMILES string of the molecule is CCC1COCCN1C(CC)c1nc(CCl)cs1. The summed E-state index contributed by atoms with van der Waals surface area (Å²) in [6, 6.07) is 0.938. The Balaban J connectivity index is 2.15. The molecule has 1 aromatic heterocycles. The summed E-state index contributed by atoms with van der Waals surface area (Å²) in [7, 11) is 0. The first-order chi connectivity index (χ1) is 8.80. The minimum Gasteiger partial charge on any atom is -0.378 e. The smallest absolute Gasteiger partial charge is 0.110 e. The Kier molecular flexibility index (Phi) is 5.42. The maximum absolute atomic E-state index is 5.84. The molecule has 0 spiro atoms. The Morgan fingerprint density at radius 3 is 3.06 bits per heavy atom. The van der Waals surface area contributed by atoms with E-state index in [4.69, 9.17) is 16.3 Å². The van der Waals surface area contributed by atoms with Crippen LogP contribution < -0.4 is 0 Å². The molecule has 2 heterocycles. The standard InChI is InChI=1S/C13H21ClN2OS/c1-3-11-8-17-6-5-16(11)12(4-2)13-15-10(7-14)9-18-13/h9,11-12H,3-8H2,1-2H3. The fraction of sp³-hybridized carbons (Fsp3) is 0.769. The van der Waals surface area contributed by atoms with E-state index in [-0.39, 0.29) is 0 Å². The lowest BCUT2D eigenvalue weighted by molar-refractivity contribution is -0.0317. The Morgan fingerprint density at radius 1 is 1.61 bits per heavy atom. The van der Waals surface area contributed by atoms with E-state index in [1.54, 1.807) is 11.3 Å². The topological polar surface area (TPSA) is 25.4 Å². The third-order valence-corrected chi connectivity index (χ3v) is 4.79. The Bertz CT molecular complexity index is 372. The Morgan fingerprint density at radius 2 is 2.44 bits per heavy atom. The van der Waals surface area contributed by atoms with Crippen molar-refractivity contribution in [2.45, 2.75) is 44.7 Å². The van der Waals surface area contributed by atoms with Gasteiger partial charge in [-0.2, -0.15) is 0 Å². The molecule has 102 valence electrons. The van der Waals surface area contributed by atoms with Crippen molar-refractivity contribution >= 4 is 22.9 Å². The van der Waals surface area contributed by atoms with Crippen LogP contribution in [0.2, 0.25) is 0 Å². The molecule has 1 saturated heterocycles. The van der Waals surface area contributed by atoms with E-state index >= 15 is 0 Å². The van der Waals surface area contributed by atoms with Crippen molar-refractivity contribution in [2.75, 3.05) is 19.8 Å². The normalized spacial score (nSPS) is 23.2. The predicted octanol–water partition coefficient (Wildman–Crippen LogP) is 3.44. The minimum absolute atomic E-state index is 0.417. The van der Waals surface area contributed by atoms with Gasteiger partial charge in [0.25, 0.3) is 0 Å². The van der Waals surface area contributed by atoms with E-state index in [9.17, 15) is 0 Å². The van der Waals surface area contributed by atoms with Crippen LogP contribution in [-0.4, -0.2) is 35.7 Å². The molecule has 1 aromatic rings. The summed E-state index contributed by atoms with van der Waals surface area (Å²) < 4.78 is 5.58. The van der Waals surface area contributed by atoms with Crippen molar-refractivity contribution in [2.24, 2.45) is 0 Å². The average molecular weight is 289 g/mol. The monoisotopic (exact) mass is 288 g/mol. The van der Waals surface area contributed by atoms with Gasteiger partial charge in [0.05, 0.1) is 30.8 Å². The van der Waals surface area contributed by atoms with Gasteiger partial charge in [0.2, 0.25) is 0 Å². The molecule has 0 radical (unpaired) electrons. The highest BCUT2D eigenvalue weighted by molar-refractivity contribution is 7.09. The molecular formula is C13H21ClN2OS. The quantitative estimate of drug-likeness (QED) is 0.776. The lowest BCUT2D eigenvalue weighted by atomic mass is 10.1. The van der Waals surface area contributed by atoms with E-state index in [2.05, 4.69) is 29.1 Å². The number of alkyl halides is 1. The largest absolute Gasteiger partial charge is 0.378 e. The molecule has 18 heavy (non-hydrogen) atoms. The van der Waals surface area contributed by atoms with Gasteiger partial charge in [0.15, 0.2) is 0 Å². The number of halogens is 1. The van der Waals surface area contributed by atoms with Gasteiger partial charge in [0.1, 0.15) is 5.01 Å². The molecule has 0 aliphatic carbocycles. The van der Waals surface area contributed by atoms with Crippen molar-refractivity contribution in [1.82, 2.24) is 9.88 Å². The zero-order valence-corrected chi connectivity index (χ0v) is 12.6. The zero-order valence-electron chi connectivity index (χ0n) is 11.1. The van der Waals surface area contributed by atoms with Gasteiger partial charge >= 0.3 is 0 Å². The second-order valence-electron chi connectivity index (χ2n) is 4.61. The number of ether oxygens (including phenoxy) is 1. The number of nitrogens with zero attached hydrogens (tertiary/aromatic N) is 2. The minimum atomic E-state index is 0.417. The first kappa shape index (κ1) is 14.3. The molecule has 0 saturated carbocycles. The summed E-state index contributed by atoms with van der Waals surface area (Å²) in [5.41, 5.74) is 0.997. The van der Waals surface area contributed by atoms with Crippen LogP contribution in [0.25, 0.3) is 0 Å². The number of hydrogen-bond donors (Lipinski definition) is 0. The molecule has 0 N–H and O–H groups in total. The van der Waals surface area contributed by atoms with E-state index in [0.29, 0.717) is 18.0 Å². The molecule has 1 aliphatic rings. The number of aromatic nitrogens is 1. The van der Waals surface area contributed by atoms with Crippen LogP contribution in [0.15, 0.2) is 5.38 Å². The van der Waals surface area contributed by atoms with Crippen molar-refractivity contribution in [3.8, 4) is 0 Å². The van der Waals surface area contributed by atoms with Gasteiger partial charge in [-0.25, -0.2) is 4.98 Å². The molecule has 2 rings (SSSR count). The maximum atomic E-state index is 5.84. The van der Waals surface area contributed by atoms with Gasteiger partial charge in [-0.05, 0) is 12.8 Å². The number of rotatable bonds is 5. The molecule has 0 aromatic carbocycles. The van der Waals surface area contributed by atoms with Crippen molar-refractivity contribution in [3.63, 3.8) is 0 Å². The van der Waals surface area contributed by atoms with Crippen LogP contribution in [0.4, 0.5) is 0 Å². The summed E-state index contributed by atoms with van der Waals surface area (Å²) in [6.07, 6.45) is 2.22. The maximum Gasteiger partial charge on any atom is 0.110 e. The number of hydrogen-bond acceptors (Lipinski definition) is 4. The number of morpholine rings is 1. The lowest BCUT2D eigenvalue weighted by Gasteiger charge is -2.39. The highest BCUT2D eigenvalue weighted by atomic mass is 35.5. The molecule has 0 amide bonds. The molecular weight excluding hydrogens is 268 g/mol. The van der Waals surface area contributed by atoms with Gasteiger partial charge in [-0.1, -0.05) is 13.8 Å². The van der Waals surface area contributed by atoms with E-state index < -0.39 is 0 Å². The predicted molar refractivity (Wildman–Crippen MR) is 76.3 cm³/mol. The first-order valence-corrected chi connectivity index (χ1v) is 8.05. The summed E-state index contributed by atoms with van der Waals surface area (Å²) in [6.45, 7) is 7.15. The Hall–Kier alpha value is -0.160. The fourth-order valence-corrected chi connectivity index (χ4v) is 3.77. The molecule has 3 nitrogen and oxygen atoms in total. The highest BCUT2D eigenvalue weighted by Gasteiger charge is 2.29. The summed E-state index contributed by atoms with van der Waals surface area (Å²) >= 11 is 7.58. The van der Waals surface area contributed by atoms with Crippen LogP contribution in [0.3, 0.4) is 0 Å². The molecule has 2 unspecified atom stereocenters. The van der Waals surface area contributed by atoms with E-state index in [1.807, 2.05) is 0 Å². The summed E-state index contributed by atoms with van der Waals surface area (Å²) in [5, 5.41) is 3.28. The molecule has 0 bridgehead atoms. The van der Waals surface area contributed by atoms with Crippen molar-refractivity contribution in [1.29, 1.82) is 0 Å².